The first-order chi connectivity index (χ1) is 15.8. The molecule has 0 radical (unpaired) electrons. The molecule has 1 amide bonds. The van der Waals surface area contributed by atoms with Crippen LogP contribution >= 0.6 is 23.1 Å². The number of carbonyl (C=O) groups excluding carboxylic acids is 1. The Morgan fingerprint density at radius 1 is 0.844 bits per heavy atom. The highest BCUT2D eigenvalue weighted by atomic mass is 32.2. The Bertz CT molecular complexity index is 1360. The van der Waals surface area contributed by atoms with Crippen LogP contribution in [0.4, 0.5) is 5.13 Å². The molecule has 0 atom stereocenters. The van der Waals surface area contributed by atoms with Gasteiger partial charge in [0, 0.05) is 27.4 Å². The fourth-order valence-corrected chi connectivity index (χ4v) is 5.00. The Hall–Kier alpha value is -3.48. The van der Waals surface area contributed by atoms with Gasteiger partial charge in [-0.1, -0.05) is 72.8 Å². The normalized spacial score (nSPS) is 10.9. The van der Waals surface area contributed by atoms with E-state index in [1.165, 1.54) is 28.7 Å². The number of benzene rings is 3. The second kappa shape index (κ2) is 9.34. The van der Waals surface area contributed by atoms with Crippen molar-refractivity contribution in [2.75, 3.05) is 11.1 Å². The zero-order valence-electron chi connectivity index (χ0n) is 17.1. The number of carbonyl (C=O) groups is 1. The molecule has 0 unspecified atom stereocenters. The minimum atomic E-state index is -0.0803. The highest BCUT2D eigenvalue weighted by Crippen LogP contribution is 2.29. The lowest BCUT2D eigenvalue weighted by atomic mass is 10.0. The summed E-state index contributed by atoms with van der Waals surface area (Å²) in [5, 5.41) is 6.56. The summed E-state index contributed by atoms with van der Waals surface area (Å²) in [6.07, 6.45) is 1.77. The average molecular weight is 454 g/mol. The van der Waals surface area contributed by atoms with Crippen LogP contribution in [0.3, 0.4) is 0 Å². The molecule has 2 aromatic heterocycles. The molecule has 0 fully saturated rings. The van der Waals surface area contributed by atoms with Crippen LogP contribution in [0.2, 0.25) is 0 Å². The molecule has 0 saturated carbocycles. The van der Waals surface area contributed by atoms with E-state index in [2.05, 4.69) is 51.7 Å². The molecule has 5 aromatic rings. The maximum absolute atomic E-state index is 12.5. The van der Waals surface area contributed by atoms with Gasteiger partial charge in [-0.3, -0.25) is 9.78 Å². The molecule has 156 valence electrons. The third-order valence-corrected chi connectivity index (χ3v) is 6.80. The Balaban J connectivity index is 1.22. The maximum Gasteiger partial charge on any atom is 0.236 e. The van der Waals surface area contributed by atoms with Gasteiger partial charge in [0.05, 0.1) is 17.0 Å². The first-order valence-electron chi connectivity index (χ1n) is 10.1. The van der Waals surface area contributed by atoms with Crippen LogP contribution in [0.25, 0.3) is 33.3 Å². The summed E-state index contributed by atoms with van der Waals surface area (Å²) in [4.78, 5) is 22.5. The van der Waals surface area contributed by atoms with Gasteiger partial charge < -0.3 is 5.32 Å². The van der Waals surface area contributed by atoms with Gasteiger partial charge in [-0.2, -0.15) is 0 Å². The number of pyridine rings is 1. The number of nitrogens with zero attached hydrogens (tertiary/aromatic N) is 2. The van der Waals surface area contributed by atoms with Crippen LogP contribution in [0, 0.1) is 0 Å². The van der Waals surface area contributed by atoms with Crippen molar-refractivity contribution < 1.29 is 4.79 Å². The minimum absolute atomic E-state index is 0.0803. The maximum atomic E-state index is 12.5. The smallest absolute Gasteiger partial charge is 0.236 e. The zero-order chi connectivity index (χ0) is 21.8. The number of thioether (sulfide) groups is 1. The molecule has 1 N–H and O–H groups in total. The summed E-state index contributed by atoms with van der Waals surface area (Å²) >= 11 is 2.92. The zero-order valence-corrected chi connectivity index (χ0v) is 18.7. The van der Waals surface area contributed by atoms with E-state index in [9.17, 15) is 4.79 Å². The van der Waals surface area contributed by atoms with E-state index in [1.54, 1.807) is 6.20 Å². The monoisotopic (exact) mass is 453 g/mol. The Labute approximate surface area is 194 Å². The predicted octanol–water partition coefficient (Wildman–Crippen LogP) is 6.76. The number of para-hydroxylation sites is 1. The number of fused-ring (bicyclic) bond motifs is 1. The summed E-state index contributed by atoms with van der Waals surface area (Å²) in [5.74, 6) is 0.222. The number of thiazole rings is 1. The van der Waals surface area contributed by atoms with Crippen LogP contribution in [0.15, 0.2) is 101 Å². The van der Waals surface area contributed by atoms with Crippen LogP contribution in [0.1, 0.15) is 0 Å². The first kappa shape index (κ1) is 20.4. The van der Waals surface area contributed by atoms with Gasteiger partial charge in [0.25, 0.3) is 0 Å². The van der Waals surface area contributed by atoms with Crippen LogP contribution in [-0.2, 0) is 4.79 Å². The van der Waals surface area contributed by atoms with E-state index in [1.807, 2.05) is 53.9 Å². The summed E-state index contributed by atoms with van der Waals surface area (Å²) in [6.45, 7) is 0. The molecule has 6 heteroatoms. The van der Waals surface area contributed by atoms with Gasteiger partial charge >= 0.3 is 0 Å². The summed E-state index contributed by atoms with van der Waals surface area (Å²) in [6, 6.07) is 28.5. The summed E-state index contributed by atoms with van der Waals surface area (Å²) in [7, 11) is 0. The molecule has 0 saturated heterocycles. The van der Waals surface area contributed by atoms with Gasteiger partial charge in [-0.25, -0.2) is 4.98 Å². The molecule has 0 bridgehead atoms. The molecule has 3 aromatic carbocycles. The Morgan fingerprint density at radius 3 is 2.44 bits per heavy atom. The predicted molar refractivity (Wildman–Crippen MR) is 134 cm³/mol. The van der Waals surface area contributed by atoms with Crippen molar-refractivity contribution >= 4 is 45.0 Å². The molecular weight excluding hydrogens is 434 g/mol. The lowest BCUT2D eigenvalue weighted by Gasteiger charge is -2.05. The number of anilines is 1. The van der Waals surface area contributed by atoms with Gasteiger partial charge in [0.2, 0.25) is 5.91 Å². The van der Waals surface area contributed by atoms with Gasteiger partial charge in [-0.15, -0.1) is 23.1 Å². The van der Waals surface area contributed by atoms with Crippen molar-refractivity contribution in [3.05, 3.63) is 96.5 Å². The van der Waals surface area contributed by atoms with Gasteiger partial charge in [0.15, 0.2) is 5.13 Å². The van der Waals surface area contributed by atoms with E-state index in [0.29, 0.717) is 10.9 Å². The second-order valence-corrected chi connectivity index (χ2v) is 9.02. The number of aromatic nitrogens is 2. The number of hydrogen-bond donors (Lipinski definition) is 1. The Kier molecular flexibility index (Phi) is 5.96. The fourth-order valence-electron chi connectivity index (χ4n) is 3.42. The van der Waals surface area contributed by atoms with Crippen molar-refractivity contribution in [2.45, 2.75) is 4.90 Å². The number of rotatable bonds is 6. The number of amides is 1. The molecular formula is C26H19N3OS2. The second-order valence-electron chi connectivity index (χ2n) is 7.15. The van der Waals surface area contributed by atoms with Crippen LogP contribution < -0.4 is 5.32 Å². The van der Waals surface area contributed by atoms with Crippen molar-refractivity contribution in [3.8, 4) is 22.4 Å². The molecule has 0 aliphatic carbocycles. The highest BCUT2D eigenvalue weighted by Gasteiger charge is 2.10. The molecule has 0 aliphatic rings. The van der Waals surface area contributed by atoms with E-state index >= 15 is 0 Å². The van der Waals surface area contributed by atoms with Crippen molar-refractivity contribution in [3.63, 3.8) is 0 Å². The van der Waals surface area contributed by atoms with E-state index in [4.69, 9.17) is 0 Å². The lowest BCUT2D eigenvalue weighted by molar-refractivity contribution is -0.113. The van der Waals surface area contributed by atoms with Crippen LogP contribution in [-0.4, -0.2) is 21.6 Å². The molecule has 0 spiro atoms. The third-order valence-electron chi connectivity index (χ3n) is 4.99. The SMILES string of the molecule is O=C(CSc1cccc2cccnc12)Nc1nc(-c2ccc(-c3ccccc3)cc2)cs1. The van der Waals surface area contributed by atoms with E-state index in [0.717, 1.165) is 32.6 Å². The van der Waals surface area contributed by atoms with Gasteiger partial charge in [-0.05, 0) is 23.3 Å². The van der Waals surface area contributed by atoms with E-state index in [-0.39, 0.29) is 5.91 Å². The summed E-state index contributed by atoms with van der Waals surface area (Å²) < 4.78 is 0. The molecule has 2 heterocycles. The molecule has 0 aliphatic heterocycles. The fraction of sp³-hybridized carbons (Fsp3) is 0.0385. The highest BCUT2D eigenvalue weighted by molar-refractivity contribution is 8.00. The minimum Gasteiger partial charge on any atom is -0.301 e. The first-order valence-corrected chi connectivity index (χ1v) is 12.0. The van der Waals surface area contributed by atoms with Crippen molar-refractivity contribution in [1.82, 2.24) is 9.97 Å². The quantitative estimate of drug-likeness (QED) is 0.289. The largest absolute Gasteiger partial charge is 0.301 e. The molecule has 32 heavy (non-hydrogen) atoms. The van der Waals surface area contributed by atoms with E-state index < -0.39 is 0 Å². The Morgan fingerprint density at radius 2 is 1.59 bits per heavy atom. The van der Waals surface area contributed by atoms with Crippen molar-refractivity contribution in [2.24, 2.45) is 0 Å². The van der Waals surface area contributed by atoms with Gasteiger partial charge in [0.1, 0.15) is 0 Å². The lowest BCUT2D eigenvalue weighted by Crippen LogP contribution is -2.13. The third kappa shape index (κ3) is 4.56. The van der Waals surface area contributed by atoms with Crippen molar-refractivity contribution in [1.29, 1.82) is 0 Å². The standard InChI is InChI=1S/C26H19N3OS2/c30-24(17-31-23-10-4-8-21-9-5-15-27-25(21)23)29-26-28-22(16-32-26)20-13-11-19(12-14-20)18-6-2-1-3-7-18/h1-16H,17H2,(H,28,29,30). The average Bonchev–Trinajstić information content (AvgIpc) is 3.32. The number of nitrogens with one attached hydrogen (secondary N) is 1. The number of hydrogen-bond acceptors (Lipinski definition) is 5. The topological polar surface area (TPSA) is 54.9 Å². The molecule has 4 nitrogen and oxygen atoms in total. The molecule has 5 rings (SSSR count). The van der Waals surface area contributed by atoms with Crippen LogP contribution in [0.5, 0.6) is 0 Å². The summed E-state index contributed by atoms with van der Waals surface area (Å²) in [5.41, 5.74) is 5.15.